The second-order valence-electron chi connectivity index (χ2n) is 3.39. The predicted octanol–water partition coefficient (Wildman–Crippen LogP) is 2.44. The van der Waals surface area contributed by atoms with Gasteiger partial charge in [0.15, 0.2) is 5.01 Å². The third kappa shape index (κ3) is 2.33. The maximum atomic E-state index is 6.08. The zero-order chi connectivity index (χ0) is 11.5. The summed E-state index contributed by atoms with van der Waals surface area (Å²) < 4.78 is 1.83. The molecule has 0 aliphatic carbocycles. The van der Waals surface area contributed by atoms with Crippen molar-refractivity contribution in [1.29, 1.82) is 0 Å². The van der Waals surface area contributed by atoms with E-state index in [0.717, 1.165) is 19.4 Å². The highest BCUT2D eigenvalue weighted by atomic mass is 35.5. The standard InChI is InChI=1S/C9H12ClN5S/c1-2-3-4-15-5-6(10)7(14-15)8-12-13-9(11)16-8/h5H,2-4H2,1H3,(H2,11,13). The Labute approximate surface area is 102 Å². The lowest BCUT2D eigenvalue weighted by Gasteiger charge is -1.96. The van der Waals surface area contributed by atoms with Gasteiger partial charge in [-0.2, -0.15) is 5.10 Å². The first kappa shape index (κ1) is 11.3. The van der Waals surface area contributed by atoms with Crippen LogP contribution in [0.25, 0.3) is 10.7 Å². The minimum atomic E-state index is 0.425. The SMILES string of the molecule is CCCCn1cc(Cl)c(-c2nnc(N)s2)n1. The smallest absolute Gasteiger partial charge is 0.203 e. The van der Waals surface area contributed by atoms with E-state index in [0.29, 0.717) is 20.9 Å². The number of anilines is 1. The molecule has 7 heteroatoms. The fraction of sp³-hybridized carbons (Fsp3) is 0.444. The van der Waals surface area contributed by atoms with Crippen molar-refractivity contribution >= 4 is 28.1 Å². The molecule has 0 aliphatic heterocycles. The van der Waals surface area contributed by atoms with Crippen molar-refractivity contribution in [3.63, 3.8) is 0 Å². The highest BCUT2D eigenvalue weighted by molar-refractivity contribution is 7.18. The molecule has 2 heterocycles. The Balaban J connectivity index is 2.24. The molecule has 2 aromatic rings. The molecular weight excluding hydrogens is 246 g/mol. The molecule has 2 aromatic heterocycles. The summed E-state index contributed by atoms with van der Waals surface area (Å²) in [6.45, 7) is 3.00. The van der Waals surface area contributed by atoms with Crippen LogP contribution in [0.1, 0.15) is 19.8 Å². The van der Waals surface area contributed by atoms with Crippen LogP contribution < -0.4 is 5.73 Å². The molecule has 2 N–H and O–H groups in total. The Hall–Kier alpha value is -1.14. The van der Waals surface area contributed by atoms with Crippen LogP contribution >= 0.6 is 22.9 Å². The van der Waals surface area contributed by atoms with Crippen molar-refractivity contribution in [2.24, 2.45) is 0 Å². The van der Waals surface area contributed by atoms with Gasteiger partial charge >= 0.3 is 0 Å². The van der Waals surface area contributed by atoms with E-state index in [1.165, 1.54) is 11.3 Å². The van der Waals surface area contributed by atoms with Gasteiger partial charge in [0.25, 0.3) is 0 Å². The van der Waals surface area contributed by atoms with Crippen LogP contribution in [0.4, 0.5) is 5.13 Å². The number of nitrogens with zero attached hydrogens (tertiary/aromatic N) is 4. The van der Waals surface area contributed by atoms with E-state index >= 15 is 0 Å². The van der Waals surface area contributed by atoms with Gasteiger partial charge in [0.1, 0.15) is 5.69 Å². The lowest BCUT2D eigenvalue weighted by atomic mass is 10.3. The number of nitrogen functional groups attached to an aromatic ring is 1. The summed E-state index contributed by atoms with van der Waals surface area (Å²) in [6.07, 6.45) is 4.01. The monoisotopic (exact) mass is 257 g/mol. The van der Waals surface area contributed by atoms with Crippen molar-refractivity contribution in [3.8, 4) is 10.7 Å². The van der Waals surface area contributed by atoms with Crippen molar-refractivity contribution < 1.29 is 0 Å². The van der Waals surface area contributed by atoms with Crippen LogP contribution in [-0.4, -0.2) is 20.0 Å². The average molecular weight is 258 g/mol. The molecule has 0 saturated carbocycles. The van der Waals surface area contributed by atoms with Gasteiger partial charge in [0.2, 0.25) is 5.13 Å². The summed E-state index contributed by atoms with van der Waals surface area (Å²) in [7, 11) is 0. The van der Waals surface area contributed by atoms with Crippen LogP contribution in [0.2, 0.25) is 5.02 Å². The van der Waals surface area contributed by atoms with Crippen molar-refractivity contribution in [2.45, 2.75) is 26.3 Å². The van der Waals surface area contributed by atoms with Crippen LogP contribution in [0.5, 0.6) is 0 Å². The number of hydrogen-bond acceptors (Lipinski definition) is 5. The predicted molar refractivity (Wildman–Crippen MR) is 65.5 cm³/mol. The molecule has 0 fully saturated rings. The fourth-order valence-electron chi connectivity index (χ4n) is 1.31. The quantitative estimate of drug-likeness (QED) is 0.913. The molecule has 86 valence electrons. The Bertz CT molecular complexity index is 478. The first-order chi connectivity index (χ1) is 7.70. The number of halogens is 1. The Morgan fingerprint density at radius 1 is 1.50 bits per heavy atom. The molecule has 0 amide bonds. The highest BCUT2D eigenvalue weighted by Gasteiger charge is 2.13. The Morgan fingerprint density at radius 2 is 2.31 bits per heavy atom. The van der Waals surface area contributed by atoms with Gasteiger partial charge in [0.05, 0.1) is 5.02 Å². The van der Waals surface area contributed by atoms with E-state index in [1.54, 1.807) is 0 Å². The summed E-state index contributed by atoms with van der Waals surface area (Å²) in [5.74, 6) is 0. The van der Waals surface area contributed by atoms with E-state index in [-0.39, 0.29) is 0 Å². The number of rotatable bonds is 4. The molecule has 0 spiro atoms. The van der Waals surface area contributed by atoms with Gasteiger partial charge in [0, 0.05) is 12.7 Å². The van der Waals surface area contributed by atoms with Gasteiger partial charge in [-0.1, -0.05) is 36.3 Å². The van der Waals surface area contributed by atoms with E-state index in [9.17, 15) is 0 Å². The van der Waals surface area contributed by atoms with E-state index in [2.05, 4.69) is 22.2 Å². The Kier molecular flexibility index (Phi) is 3.40. The van der Waals surface area contributed by atoms with Gasteiger partial charge in [-0.3, -0.25) is 4.68 Å². The van der Waals surface area contributed by atoms with Crippen LogP contribution in [0.15, 0.2) is 6.20 Å². The summed E-state index contributed by atoms with van der Waals surface area (Å²) in [5, 5.41) is 13.7. The molecule has 0 aliphatic rings. The lowest BCUT2D eigenvalue weighted by molar-refractivity contribution is 0.573. The first-order valence-electron chi connectivity index (χ1n) is 5.03. The summed E-state index contributed by atoms with van der Waals surface area (Å²) in [6, 6.07) is 0. The average Bonchev–Trinajstić information content (AvgIpc) is 2.82. The maximum absolute atomic E-state index is 6.08. The molecule has 0 atom stereocenters. The zero-order valence-corrected chi connectivity index (χ0v) is 10.4. The lowest BCUT2D eigenvalue weighted by Crippen LogP contribution is -1.97. The summed E-state index contributed by atoms with van der Waals surface area (Å²) in [5.41, 5.74) is 6.18. The number of hydrogen-bond donors (Lipinski definition) is 1. The first-order valence-corrected chi connectivity index (χ1v) is 6.22. The van der Waals surface area contributed by atoms with Gasteiger partial charge in [-0.05, 0) is 6.42 Å². The molecule has 0 bridgehead atoms. The Morgan fingerprint density at radius 3 is 2.94 bits per heavy atom. The van der Waals surface area contributed by atoms with Crippen LogP contribution in [0, 0.1) is 0 Å². The van der Waals surface area contributed by atoms with Crippen LogP contribution in [-0.2, 0) is 6.54 Å². The largest absolute Gasteiger partial charge is 0.374 e. The van der Waals surface area contributed by atoms with Crippen molar-refractivity contribution in [2.75, 3.05) is 5.73 Å². The van der Waals surface area contributed by atoms with E-state index in [1.807, 2.05) is 10.9 Å². The molecule has 0 aromatic carbocycles. The molecule has 0 unspecified atom stereocenters. The number of unbranched alkanes of at least 4 members (excludes halogenated alkanes) is 1. The third-order valence-electron chi connectivity index (χ3n) is 2.10. The minimum absolute atomic E-state index is 0.425. The third-order valence-corrected chi connectivity index (χ3v) is 3.14. The highest BCUT2D eigenvalue weighted by Crippen LogP contribution is 2.29. The topological polar surface area (TPSA) is 69.6 Å². The second-order valence-corrected chi connectivity index (χ2v) is 4.80. The number of aromatic nitrogens is 4. The fourth-order valence-corrected chi connectivity index (χ4v) is 2.21. The van der Waals surface area contributed by atoms with Crippen molar-refractivity contribution in [1.82, 2.24) is 20.0 Å². The molecule has 0 saturated heterocycles. The zero-order valence-electron chi connectivity index (χ0n) is 8.85. The maximum Gasteiger partial charge on any atom is 0.203 e. The van der Waals surface area contributed by atoms with Gasteiger partial charge in [-0.15, -0.1) is 10.2 Å². The number of aryl methyl sites for hydroxylation is 1. The molecule has 5 nitrogen and oxygen atoms in total. The molecule has 16 heavy (non-hydrogen) atoms. The van der Waals surface area contributed by atoms with Gasteiger partial charge in [-0.25, -0.2) is 0 Å². The van der Waals surface area contributed by atoms with Gasteiger partial charge < -0.3 is 5.73 Å². The van der Waals surface area contributed by atoms with Crippen molar-refractivity contribution in [3.05, 3.63) is 11.2 Å². The van der Waals surface area contributed by atoms with E-state index in [4.69, 9.17) is 17.3 Å². The molecular formula is C9H12ClN5S. The summed E-state index contributed by atoms with van der Waals surface area (Å²) in [4.78, 5) is 0. The normalized spacial score (nSPS) is 10.9. The van der Waals surface area contributed by atoms with Crippen LogP contribution in [0.3, 0.4) is 0 Å². The second kappa shape index (κ2) is 4.80. The molecule has 0 radical (unpaired) electrons. The van der Waals surface area contributed by atoms with E-state index < -0.39 is 0 Å². The minimum Gasteiger partial charge on any atom is -0.374 e. The number of nitrogens with two attached hydrogens (primary N) is 1. The summed E-state index contributed by atoms with van der Waals surface area (Å²) >= 11 is 7.37. The molecule has 2 rings (SSSR count).